The number of carbonyl (C=O) groups is 1. The number of hydrogen-bond donors (Lipinski definition) is 2. The summed E-state index contributed by atoms with van der Waals surface area (Å²) < 4.78 is 1.76. The van der Waals surface area contributed by atoms with Crippen molar-refractivity contribution in [2.45, 2.75) is 13.5 Å². The Morgan fingerprint density at radius 1 is 1.65 bits per heavy atom. The third-order valence-corrected chi connectivity index (χ3v) is 3.34. The lowest BCUT2D eigenvalue weighted by Crippen LogP contribution is -2.09. The van der Waals surface area contributed by atoms with Gasteiger partial charge in [0.15, 0.2) is 0 Å². The number of primary amides is 1. The number of aromatic nitrogens is 2. The molecule has 0 aliphatic carbocycles. The topological polar surface area (TPSA) is 72.9 Å². The SMILES string of the molecule is Cc1nn(C)cc1NCc1cc(C(N)=O)cs1. The second kappa shape index (κ2) is 4.58. The predicted molar refractivity (Wildman–Crippen MR) is 68.1 cm³/mol. The number of hydrogen-bond acceptors (Lipinski definition) is 4. The first kappa shape index (κ1) is 11.7. The van der Waals surface area contributed by atoms with Crippen LogP contribution in [0, 0.1) is 6.92 Å². The van der Waals surface area contributed by atoms with Crippen molar-refractivity contribution in [2.75, 3.05) is 5.32 Å². The molecule has 0 saturated heterocycles. The molecule has 0 unspecified atom stereocenters. The lowest BCUT2D eigenvalue weighted by molar-refractivity contribution is 0.100. The summed E-state index contributed by atoms with van der Waals surface area (Å²) in [5.74, 6) is -0.384. The highest BCUT2D eigenvalue weighted by molar-refractivity contribution is 7.10. The molecule has 90 valence electrons. The molecule has 2 aromatic rings. The maximum absolute atomic E-state index is 10.9. The minimum Gasteiger partial charge on any atom is -0.377 e. The Kier molecular flexibility index (Phi) is 3.14. The van der Waals surface area contributed by atoms with Crippen molar-refractivity contribution in [2.24, 2.45) is 12.8 Å². The van der Waals surface area contributed by atoms with Gasteiger partial charge in [0, 0.05) is 30.0 Å². The summed E-state index contributed by atoms with van der Waals surface area (Å²) in [6.45, 7) is 2.62. The summed E-state index contributed by atoms with van der Waals surface area (Å²) in [5, 5.41) is 9.29. The Labute approximate surface area is 103 Å². The number of nitrogens with two attached hydrogens (primary N) is 1. The predicted octanol–water partition coefficient (Wildman–Crippen LogP) is 1.50. The fourth-order valence-electron chi connectivity index (χ4n) is 1.56. The molecular weight excluding hydrogens is 236 g/mol. The summed E-state index contributed by atoms with van der Waals surface area (Å²) in [6.07, 6.45) is 1.93. The van der Waals surface area contributed by atoms with Crippen molar-refractivity contribution in [3.8, 4) is 0 Å². The Morgan fingerprint density at radius 3 is 2.94 bits per heavy atom. The highest BCUT2D eigenvalue weighted by atomic mass is 32.1. The molecule has 1 amide bonds. The van der Waals surface area contributed by atoms with Gasteiger partial charge >= 0.3 is 0 Å². The maximum atomic E-state index is 10.9. The van der Waals surface area contributed by atoms with Crippen molar-refractivity contribution < 1.29 is 4.79 Å². The van der Waals surface area contributed by atoms with Crippen LogP contribution < -0.4 is 11.1 Å². The van der Waals surface area contributed by atoms with E-state index in [0.29, 0.717) is 12.1 Å². The smallest absolute Gasteiger partial charge is 0.249 e. The van der Waals surface area contributed by atoms with Crippen LogP contribution in [-0.4, -0.2) is 15.7 Å². The van der Waals surface area contributed by atoms with Crippen molar-refractivity contribution in [1.29, 1.82) is 0 Å². The minimum absolute atomic E-state index is 0.384. The Hall–Kier alpha value is -1.82. The van der Waals surface area contributed by atoms with E-state index in [1.165, 1.54) is 11.3 Å². The van der Waals surface area contributed by atoms with Crippen molar-refractivity contribution >= 4 is 22.9 Å². The summed E-state index contributed by atoms with van der Waals surface area (Å²) in [5.41, 5.74) is 7.72. The van der Waals surface area contributed by atoms with Gasteiger partial charge in [-0.2, -0.15) is 5.10 Å². The average molecular weight is 250 g/mol. The monoisotopic (exact) mass is 250 g/mol. The van der Waals surface area contributed by atoms with Crippen molar-refractivity contribution in [3.63, 3.8) is 0 Å². The molecule has 2 aromatic heterocycles. The van der Waals surface area contributed by atoms with E-state index < -0.39 is 0 Å². The van der Waals surface area contributed by atoms with Crippen LogP contribution in [0.15, 0.2) is 17.6 Å². The van der Waals surface area contributed by atoms with E-state index in [-0.39, 0.29) is 5.91 Å². The third-order valence-electron chi connectivity index (χ3n) is 2.40. The minimum atomic E-state index is -0.384. The molecule has 17 heavy (non-hydrogen) atoms. The van der Waals surface area contributed by atoms with Gasteiger partial charge in [0.1, 0.15) is 0 Å². The van der Waals surface area contributed by atoms with E-state index in [2.05, 4.69) is 10.4 Å². The summed E-state index contributed by atoms with van der Waals surface area (Å²) >= 11 is 1.52. The Bertz CT molecular complexity index is 543. The molecule has 0 saturated carbocycles. The van der Waals surface area contributed by atoms with E-state index in [0.717, 1.165) is 16.3 Å². The van der Waals surface area contributed by atoms with Crippen LogP contribution in [0.4, 0.5) is 5.69 Å². The van der Waals surface area contributed by atoms with Gasteiger partial charge < -0.3 is 11.1 Å². The molecule has 2 heterocycles. The summed E-state index contributed by atoms with van der Waals surface area (Å²) in [4.78, 5) is 12.0. The highest BCUT2D eigenvalue weighted by Gasteiger charge is 2.06. The number of amides is 1. The van der Waals surface area contributed by atoms with Crippen LogP contribution in [0.2, 0.25) is 0 Å². The molecule has 0 bridgehead atoms. The normalized spacial score (nSPS) is 10.5. The summed E-state index contributed by atoms with van der Waals surface area (Å²) in [7, 11) is 1.88. The Morgan fingerprint density at radius 2 is 2.41 bits per heavy atom. The quantitative estimate of drug-likeness (QED) is 0.863. The average Bonchev–Trinajstić information content (AvgIpc) is 2.82. The number of thiophene rings is 1. The van der Waals surface area contributed by atoms with Crippen LogP contribution in [0.5, 0.6) is 0 Å². The first-order valence-corrected chi connectivity index (χ1v) is 6.05. The second-order valence-corrected chi connectivity index (χ2v) is 4.82. The van der Waals surface area contributed by atoms with Crippen LogP contribution in [0.25, 0.3) is 0 Å². The number of rotatable bonds is 4. The lowest BCUT2D eigenvalue weighted by atomic mass is 10.3. The number of carbonyl (C=O) groups excluding carboxylic acids is 1. The van der Waals surface area contributed by atoms with Crippen LogP contribution in [-0.2, 0) is 13.6 Å². The zero-order valence-corrected chi connectivity index (χ0v) is 10.5. The Balaban J connectivity index is 2.02. The van der Waals surface area contributed by atoms with Crippen molar-refractivity contribution in [1.82, 2.24) is 9.78 Å². The van der Waals surface area contributed by atoms with E-state index in [9.17, 15) is 4.79 Å². The molecule has 0 spiro atoms. The zero-order chi connectivity index (χ0) is 12.4. The van der Waals surface area contributed by atoms with Gasteiger partial charge in [-0.3, -0.25) is 9.48 Å². The standard InChI is InChI=1S/C11H14N4OS/c1-7-10(5-15(2)14-7)13-4-9-3-8(6-17-9)11(12)16/h3,5-6,13H,4H2,1-2H3,(H2,12,16). The second-order valence-electron chi connectivity index (χ2n) is 3.82. The lowest BCUT2D eigenvalue weighted by Gasteiger charge is -2.01. The molecule has 3 N–H and O–H groups in total. The molecule has 0 aliphatic heterocycles. The highest BCUT2D eigenvalue weighted by Crippen LogP contribution is 2.17. The molecule has 5 nitrogen and oxygen atoms in total. The van der Waals surface area contributed by atoms with Crippen LogP contribution >= 0.6 is 11.3 Å². The van der Waals surface area contributed by atoms with E-state index in [1.54, 1.807) is 10.1 Å². The van der Waals surface area contributed by atoms with Gasteiger partial charge in [-0.25, -0.2) is 0 Å². The third kappa shape index (κ3) is 2.65. The van der Waals surface area contributed by atoms with Gasteiger partial charge in [0.25, 0.3) is 0 Å². The zero-order valence-electron chi connectivity index (χ0n) is 9.73. The molecule has 2 rings (SSSR count). The van der Waals surface area contributed by atoms with Crippen molar-refractivity contribution in [3.05, 3.63) is 33.8 Å². The van der Waals surface area contributed by atoms with E-state index >= 15 is 0 Å². The molecule has 0 radical (unpaired) electrons. The first-order chi connectivity index (χ1) is 8.06. The number of nitrogens with one attached hydrogen (secondary N) is 1. The van der Waals surface area contributed by atoms with Crippen LogP contribution in [0.1, 0.15) is 20.9 Å². The fourth-order valence-corrected chi connectivity index (χ4v) is 2.37. The van der Waals surface area contributed by atoms with Gasteiger partial charge in [0.05, 0.1) is 16.9 Å². The van der Waals surface area contributed by atoms with Gasteiger partial charge in [-0.05, 0) is 13.0 Å². The fraction of sp³-hybridized carbons (Fsp3) is 0.273. The summed E-state index contributed by atoms with van der Waals surface area (Å²) in [6, 6.07) is 1.81. The molecule has 0 fully saturated rings. The molecule has 6 heteroatoms. The van der Waals surface area contributed by atoms with E-state index in [1.807, 2.05) is 26.2 Å². The molecule has 0 atom stereocenters. The number of aryl methyl sites for hydroxylation is 2. The number of nitrogens with zero attached hydrogens (tertiary/aromatic N) is 2. The molecule has 0 aliphatic rings. The van der Waals surface area contributed by atoms with Crippen LogP contribution in [0.3, 0.4) is 0 Å². The van der Waals surface area contributed by atoms with Gasteiger partial charge in [-0.15, -0.1) is 11.3 Å². The molecular formula is C11H14N4OS. The van der Waals surface area contributed by atoms with E-state index in [4.69, 9.17) is 5.73 Å². The number of anilines is 1. The maximum Gasteiger partial charge on any atom is 0.249 e. The van der Waals surface area contributed by atoms with Gasteiger partial charge in [0.2, 0.25) is 5.91 Å². The largest absolute Gasteiger partial charge is 0.377 e. The molecule has 0 aromatic carbocycles. The first-order valence-electron chi connectivity index (χ1n) is 5.17. The van der Waals surface area contributed by atoms with Gasteiger partial charge in [-0.1, -0.05) is 0 Å².